The number of unbranched alkanes of at least 4 members (excludes halogenated alkanes) is 2. The van der Waals surface area contributed by atoms with Gasteiger partial charge in [0, 0.05) is 19.2 Å². The Balaban J connectivity index is 3.39. The number of H-pyrrole nitrogens is 1. The second-order valence-electron chi connectivity index (χ2n) is 5.73. The van der Waals surface area contributed by atoms with Gasteiger partial charge in [-0.2, -0.15) is 0 Å². The molecule has 1 rings (SSSR count). The molecule has 0 bridgehead atoms. The molecular formula is C18H28N4O3. The van der Waals surface area contributed by atoms with Crippen molar-refractivity contribution in [1.82, 2.24) is 9.55 Å². The van der Waals surface area contributed by atoms with E-state index in [1.54, 1.807) is 18.2 Å². The van der Waals surface area contributed by atoms with E-state index < -0.39 is 11.2 Å². The van der Waals surface area contributed by atoms with Crippen molar-refractivity contribution in [3.63, 3.8) is 0 Å². The van der Waals surface area contributed by atoms with Crippen molar-refractivity contribution < 1.29 is 4.79 Å². The number of carbonyl (C=O) groups excluding carboxylic acids is 1. The first-order chi connectivity index (χ1) is 12.0. The van der Waals surface area contributed by atoms with Gasteiger partial charge in [0.25, 0.3) is 11.5 Å². The number of hydrogen-bond donors (Lipinski definition) is 2. The van der Waals surface area contributed by atoms with E-state index in [1.807, 2.05) is 20.8 Å². The number of nitrogens with zero attached hydrogens (tertiary/aromatic N) is 2. The average molecular weight is 348 g/mol. The first-order valence-electron chi connectivity index (χ1n) is 8.71. The third-order valence-electron chi connectivity index (χ3n) is 3.76. The Bertz CT molecular complexity index is 744. The summed E-state index contributed by atoms with van der Waals surface area (Å²) in [6.07, 6.45) is 9.73. The Hall–Kier alpha value is -2.57. The minimum atomic E-state index is -0.640. The summed E-state index contributed by atoms with van der Waals surface area (Å²) >= 11 is 0. The van der Waals surface area contributed by atoms with Crippen LogP contribution in [0.3, 0.4) is 0 Å². The second-order valence-corrected chi connectivity index (χ2v) is 5.73. The molecule has 3 N–H and O–H groups in total. The molecule has 1 amide bonds. The van der Waals surface area contributed by atoms with Crippen molar-refractivity contribution in [2.24, 2.45) is 0 Å². The molecule has 0 fully saturated rings. The molecule has 1 aromatic rings. The Morgan fingerprint density at radius 2 is 1.88 bits per heavy atom. The quantitative estimate of drug-likeness (QED) is 0.527. The molecule has 0 aliphatic carbocycles. The Labute approximate surface area is 147 Å². The molecule has 1 aromatic heterocycles. The van der Waals surface area contributed by atoms with Crippen molar-refractivity contribution >= 4 is 17.4 Å². The highest BCUT2D eigenvalue weighted by molar-refractivity contribution is 6.03. The lowest BCUT2D eigenvalue weighted by Gasteiger charge is -2.23. The molecule has 0 unspecified atom stereocenters. The van der Waals surface area contributed by atoms with Crippen LogP contribution in [0, 0.1) is 0 Å². The Kier molecular flexibility index (Phi) is 8.46. The number of nitrogens with two attached hydrogens (primary N) is 1. The van der Waals surface area contributed by atoms with Gasteiger partial charge in [0.1, 0.15) is 5.82 Å². The summed E-state index contributed by atoms with van der Waals surface area (Å²) in [5.41, 5.74) is 4.95. The van der Waals surface area contributed by atoms with Gasteiger partial charge in [-0.25, -0.2) is 4.79 Å². The van der Waals surface area contributed by atoms with E-state index >= 15 is 0 Å². The van der Waals surface area contributed by atoms with Crippen LogP contribution in [0.4, 0.5) is 11.5 Å². The summed E-state index contributed by atoms with van der Waals surface area (Å²) in [6, 6.07) is 0. The zero-order chi connectivity index (χ0) is 18.8. The number of anilines is 2. The first-order valence-corrected chi connectivity index (χ1v) is 8.71. The molecule has 1 heterocycles. The normalized spacial score (nSPS) is 11.5. The highest BCUT2D eigenvalue weighted by Crippen LogP contribution is 2.18. The van der Waals surface area contributed by atoms with Crippen LogP contribution in [0.15, 0.2) is 33.9 Å². The average Bonchev–Trinajstić information content (AvgIpc) is 2.57. The fraction of sp³-hybridized carbons (Fsp3) is 0.500. The topological polar surface area (TPSA) is 101 Å². The number of aromatic nitrogens is 2. The van der Waals surface area contributed by atoms with Crippen LogP contribution in [0.2, 0.25) is 0 Å². The summed E-state index contributed by atoms with van der Waals surface area (Å²) in [6.45, 7) is 6.59. The third-order valence-corrected chi connectivity index (χ3v) is 3.76. The summed E-state index contributed by atoms with van der Waals surface area (Å²) in [5.74, 6) is -0.310. The van der Waals surface area contributed by atoms with Crippen LogP contribution in [-0.2, 0) is 11.3 Å². The number of amides is 1. The van der Waals surface area contributed by atoms with Gasteiger partial charge in [0.05, 0.1) is 0 Å². The molecule has 0 atom stereocenters. The summed E-state index contributed by atoms with van der Waals surface area (Å²) in [7, 11) is 0. The molecule has 7 heteroatoms. The van der Waals surface area contributed by atoms with Crippen LogP contribution in [0.5, 0.6) is 0 Å². The van der Waals surface area contributed by atoms with E-state index in [2.05, 4.69) is 4.98 Å². The summed E-state index contributed by atoms with van der Waals surface area (Å²) < 4.78 is 1.32. The van der Waals surface area contributed by atoms with Gasteiger partial charge in [-0.05, 0) is 19.8 Å². The number of nitrogens with one attached hydrogen (secondary N) is 1. The minimum absolute atomic E-state index is 0.0334. The van der Waals surface area contributed by atoms with Crippen LogP contribution in [0.25, 0.3) is 0 Å². The zero-order valence-electron chi connectivity index (χ0n) is 15.2. The van der Waals surface area contributed by atoms with E-state index in [9.17, 15) is 14.4 Å². The second kappa shape index (κ2) is 10.3. The maximum Gasteiger partial charge on any atom is 0.330 e. The molecule has 0 aliphatic rings. The SMILES string of the molecule is C/C=C/C=C/C(=O)N(CCCC)c1c(N)n(CCCC)c(=O)[nH]c1=O. The van der Waals surface area contributed by atoms with E-state index in [0.717, 1.165) is 25.7 Å². The standard InChI is InChI=1S/C18H28N4O3/c1-4-7-10-11-14(23)21(12-8-5-2)15-16(19)22(13-9-6-3)18(25)20-17(15)24/h4,7,10-11H,5-6,8-9,12-13,19H2,1-3H3,(H,20,24,25)/b7-4+,11-10+. The number of hydrogen-bond acceptors (Lipinski definition) is 4. The van der Waals surface area contributed by atoms with Crippen LogP contribution >= 0.6 is 0 Å². The first kappa shape index (κ1) is 20.5. The molecule has 0 aliphatic heterocycles. The molecule has 0 spiro atoms. The van der Waals surface area contributed by atoms with Gasteiger partial charge in [-0.1, -0.05) is 44.9 Å². The van der Waals surface area contributed by atoms with Gasteiger partial charge in [0.15, 0.2) is 5.69 Å². The smallest absolute Gasteiger partial charge is 0.330 e. The highest BCUT2D eigenvalue weighted by atomic mass is 16.2. The van der Waals surface area contributed by atoms with Crippen LogP contribution in [0.1, 0.15) is 46.5 Å². The summed E-state index contributed by atoms with van der Waals surface area (Å²) in [4.78, 5) is 40.6. The number of carbonyl (C=O) groups is 1. The third kappa shape index (κ3) is 5.48. The molecule has 0 radical (unpaired) electrons. The maximum absolute atomic E-state index is 12.5. The number of nitrogen functional groups attached to an aromatic ring is 1. The number of allylic oxidation sites excluding steroid dienone is 3. The van der Waals surface area contributed by atoms with E-state index in [0.29, 0.717) is 13.1 Å². The minimum Gasteiger partial charge on any atom is -0.383 e. The maximum atomic E-state index is 12.5. The van der Waals surface area contributed by atoms with Crippen LogP contribution in [-0.4, -0.2) is 22.0 Å². The van der Waals surface area contributed by atoms with Gasteiger partial charge in [-0.3, -0.25) is 19.1 Å². The van der Waals surface area contributed by atoms with Crippen molar-refractivity contribution in [2.45, 2.75) is 53.0 Å². The van der Waals surface area contributed by atoms with E-state index in [-0.39, 0.29) is 17.4 Å². The Morgan fingerprint density at radius 1 is 1.20 bits per heavy atom. The molecule has 138 valence electrons. The predicted octanol–water partition coefficient (Wildman–Crippen LogP) is 2.18. The Morgan fingerprint density at radius 3 is 2.48 bits per heavy atom. The van der Waals surface area contributed by atoms with Crippen LogP contribution < -0.4 is 21.9 Å². The molecule has 0 saturated carbocycles. The van der Waals surface area contributed by atoms with Gasteiger partial charge >= 0.3 is 5.69 Å². The van der Waals surface area contributed by atoms with Crippen molar-refractivity contribution in [3.8, 4) is 0 Å². The molecule has 0 saturated heterocycles. The fourth-order valence-electron chi connectivity index (χ4n) is 2.36. The molecule has 25 heavy (non-hydrogen) atoms. The molecule has 7 nitrogen and oxygen atoms in total. The fourth-order valence-corrected chi connectivity index (χ4v) is 2.36. The lowest BCUT2D eigenvalue weighted by atomic mass is 10.2. The number of rotatable bonds is 9. The van der Waals surface area contributed by atoms with Crippen molar-refractivity contribution in [2.75, 3.05) is 17.2 Å². The lowest BCUT2D eigenvalue weighted by molar-refractivity contribution is -0.114. The lowest BCUT2D eigenvalue weighted by Crippen LogP contribution is -2.41. The number of aromatic amines is 1. The molecule has 0 aromatic carbocycles. The van der Waals surface area contributed by atoms with E-state index in [1.165, 1.54) is 15.5 Å². The molecular weight excluding hydrogens is 320 g/mol. The largest absolute Gasteiger partial charge is 0.383 e. The highest BCUT2D eigenvalue weighted by Gasteiger charge is 2.22. The van der Waals surface area contributed by atoms with Gasteiger partial charge in [-0.15, -0.1) is 0 Å². The van der Waals surface area contributed by atoms with Gasteiger partial charge < -0.3 is 10.6 Å². The van der Waals surface area contributed by atoms with Crippen molar-refractivity contribution in [3.05, 3.63) is 45.1 Å². The zero-order valence-corrected chi connectivity index (χ0v) is 15.2. The summed E-state index contributed by atoms with van der Waals surface area (Å²) in [5, 5.41) is 0. The van der Waals surface area contributed by atoms with E-state index in [4.69, 9.17) is 5.73 Å². The monoisotopic (exact) mass is 348 g/mol. The predicted molar refractivity (Wildman–Crippen MR) is 102 cm³/mol. The van der Waals surface area contributed by atoms with Gasteiger partial charge in [0.2, 0.25) is 0 Å². The van der Waals surface area contributed by atoms with Crippen molar-refractivity contribution in [1.29, 1.82) is 0 Å².